The Hall–Kier alpha value is -1.93. The zero-order valence-corrected chi connectivity index (χ0v) is 8.35. The largest absolute Gasteiger partial charge is 0.358 e. The first-order valence-electron chi connectivity index (χ1n) is 4.97. The van der Waals surface area contributed by atoms with Crippen LogP contribution >= 0.6 is 0 Å². The van der Waals surface area contributed by atoms with Crippen LogP contribution in [0.5, 0.6) is 0 Å². The summed E-state index contributed by atoms with van der Waals surface area (Å²) in [5.41, 5.74) is 10.5. The van der Waals surface area contributed by atoms with E-state index < -0.39 is 0 Å². The molecule has 0 saturated heterocycles. The smallest absolute Gasteiger partial charge is 0.0456 e. The Kier molecular flexibility index (Phi) is 2.90. The highest BCUT2D eigenvalue weighted by atomic mass is 15.1. The molecule has 0 aliphatic heterocycles. The van der Waals surface area contributed by atoms with Crippen LogP contribution in [-0.4, -0.2) is 11.5 Å². The molecule has 0 atom stereocenters. The number of aryl methyl sites for hydroxylation is 1. The van der Waals surface area contributed by atoms with Crippen molar-refractivity contribution in [2.75, 3.05) is 6.54 Å². The number of benzene rings is 1. The number of para-hydroxylation sites is 1. The molecule has 0 amide bonds. The highest BCUT2D eigenvalue weighted by molar-refractivity contribution is 5.80. The molecule has 0 saturated carbocycles. The summed E-state index contributed by atoms with van der Waals surface area (Å²) >= 11 is 0. The van der Waals surface area contributed by atoms with Crippen molar-refractivity contribution in [1.29, 1.82) is 0 Å². The van der Waals surface area contributed by atoms with Gasteiger partial charge in [-0.3, -0.25) is 0 Å². The predicted molar refractivity (Wildman–Crippen MR) is 60.6 cm³/mol. The molecule has 0 aliphatic rings. The number of nitrogens with zero attached hydrogens (tertiary/aromatic N) is 3. The summed E-state index contributed by atoms with van der Waals surface area (Å²) in [4.78, 5) is 6.06. The topological polar surface area (TPSA) is 64.6 Å². The second-order valence-electron chi connectivity index (χ2n) is 3.44. The van der Waals surface area contributed by atoms with Crippen LogP contribution in [0.25, 0.3) is 21.3 Å². The van der Waals surface area contributed by atoms with Crippen molar-refractivity contribution < 1.29 is 0 Å². The van der Waals surface area contributed by atoms with Crippen molar-refractivity contribution in [2.45, 2.75) is 12.8 Å². The van der Waals surface area contributed by atoms with Gasteiger partial charge >= 0.3 is 0 Å². The van der Waals surface area contributed by atoms with Gasteiger partial charge in [0.1, 0.15) is 0 Å². The summed E-state index contributed by atoms with van der Waals surface area (Å²) < 4.78 is 0. The number of hydrogen-bond acceptors (Lipinski definition) is 1. The summed E-state index contributed by atoms with van der Waals surface area (Å²) in [6.07, 6.45) is 1.81. The van der Waals surface area contributed by atoms with Crippen molar-refractivity contribution in [3.63, 3.8) is 0 Å². The standard InChI is InChI=1S/C11H12N4/c12-15-13-7-3-5-10-8-9-4-1-2-6-11(9)14-10/h1-2,4,6,8,14H,3,5,7H2. The van der Waals surface area contributed by atoms with E-state index in [-0.39, 0.29) is 0 Å². The number of hydrogen-bond donors (Lipinski definition) is 1. The molecule has 0 unspecified atom stereocenters. The summed E-state index contributed by atoms with van der Waals surface area (Å²) in [6, 6.07) is 10.3. The second kappa shape index (κ2) is 4.53. The van der Waals surface area contributed by atoms with E-state index in [1.54, 1.807) is 0 Å². The molecule has 1 N–H and O–H groups in total. The van der Waals surface area contributed by atoms with Crippen molar-refractivity contribution in [2.24, 2.45) is 5.11 Å². The zero-order chi connectivity index (χ0) is 10.5. The average Bonchev–Trinajstić information content (AvgIpc) is 2.67. The monoisotopic (exact) mass is 200 g/mol. The Labute approximate surface area is 87.6 Å². The number of azide groups is 1. The van der Waals surface area contributed by atoms with Gasteiger partial charge in [-0.1, -0.05) is 23.3 Å². The Morgan fingerprint density at radius 1 is 1.33 bits per heavy atom. The summed E-state index contributed by atoms with van der Waals surface area (Å²) in [5.74, 6) is 0. The van der Waals surface area contributed by atoms with E-state index in [1.807, 2.05) is 12.1 Å². The third-order valence-corrected chi connectivity index (χ3v) is 2.35. The molecular formula is C11H12N4. The SMILES string of the molecule is [N-]=[N+]=NCCCc1cc2ccccc2[nH]1. The molecule has 4 heteroatoms. The molecule has 76 valence electrons. The minimum absolute atomic E-state index is 0.561. The van der Waals surface area contributed by atoms with Gasteiger partial charge < -0.3 is 4.98 Å². The first kappa shape index (κ1) is 9.62. The normalized spacial score (nSPS) is 10.1. The Morgan fingerprint density at radius 2 is 2.20 bits per heavy atom. The molecule has 0 bridgehead atoms. The molecule has 0 radical (unpaired) electrons. The van der Waals surface area contributed by atoms with Crippen LogP contribution in [0.3, 0.4) is 0 Å². The summed E-state index contributed by atoms with van der Waals surface area (Å²) in [5, 5.41) is 4.74. The van der Waals surface area contributed by atoms with Gasteiger partial charge in [0.05, 0.1) is 0 Å². The van der Waals surface area contributed by atoms with Gasteiger partial charge in [-0.2, -0.15) is 0 Å². The van der Waals surface area contributed by atoms with Gasteiger partial charge in [-0.15, -0.1) is 0 Å². The van der Waals surface area contributed by atoms with Gasteiger partial charge in [-0.25, -0.2) is 0 Å². The molecule has 1 aromatic carbocycles. The lowest BCUT2D eigenvalue weighted by atomic mass is 10.2. The fourth-order valence-electron chi connectivity index (χ4n) is 1.65. The molecule has 2 aromatic rings. The Bertz CT molecular complexity index is 461. The van der Waals surface area contributed by atoms with Crippen LogP contribution in [0.4, 0.5) is 0 Å². The molecule has 15 heavy (non-hydrogen) atoms. The fraction of sp³-hybridized carbons (Fsp3) is 0.273. The summed E-state index contributed by atoms with van der Waals surface area (Å²) in [6.45, 7) is 0.561. The maximum Gasteiger partial charge on any atom is 0.0456 e. The van der Waals surface area contributed by atoms with E-state index in [1.165, 1.54) is 11.1 Å². The number of fused-ring (bicyclic) bond motifs is 1. The Balaban J connectivity index is 2.05. The van der Waals surface area contributed by atoms with E-state index in [0.717, 1.165) is 18.4 Å². The fourth-order valence-corrected chi connectivity index (χ4v) is 1.65. The van der Waals surface area contributed by atoms with Crippen LogP contribution in [0.15, 0.2) is 35.4 Å². The minimum Gasteiger partial charge on any atom is -0.358 e. The van der Waals surface area contributed by atoms with E-state index in [4.69, 9.17) is 5.53 Å². The molecule has 0 aliphatic carbocycles. The second-order valence-corrected chi connectivity index (χ2v) is 3.44. The van der Waals surface area contributed by atoms with Crippen LogP contribution in [-0.2, 0) is 6.42 Å². The lowest BCUT2D eigenvalue weighted by molar-refractivity contribution is 0.813. The molecular weight excluding hydrogens is 188 g/mol. The molecule has 0 fully saturated rings. The van der Waals surface area contributed by atoms with E-state index in [0.29, 0.717) is 6.54 Å². The lowest BCUT2D eigenvalue weighted by Gasteiger charge is -1.92. The highest BCUT2D eigenvalue weighted by Gasteiger charge is 1.98. The Morgan fingerprint density at radius 3 is 3.00 bits per heavy atom. The maximum absolute atomic E-state index is 8.13. The number of H-pyrrole nitrogens is 1. The van der Waals surface area contributed by atoms with Crippen LogP contribution < -0.4 is 0 Å². The molecule has 1 heterocycles. The molecule has 4 nitrogen and oxygen atoms in total. The number of aromatic amines is 1. The first-order valence-corrected chi connectivity index (χ1v) is 4.97. The number of aromatic nitrogens is 1. The van der Waals surface area contributed by atoms with Gasteiger partial charge in [-0.05, 0) is 35.9 Å². The van der Waals surface area contributed by atoms with Crippen molar-refractivity contribution in [1.82, 2.24) is 4.98 Å². The quantitative estimate of drug-likeness (QED) is 0.340. The van der Waals surface area contributed by atoms with Gasteiger partial charge in [0.2, 0.25) is 0 Å². The molecule has 0 spiro atoms. The predicted octanol–water partition coefficient (Wildman–Crippen LogP) is 3.41. The van der Waals surface area contributed by atoms with Crippen molar-refractivity contribution >= 4 is 10.9 Å². The highest BCUT2D eigenvalue weighted by Crippen LogP contribution is 2.15. The van der Waals surface area contributed by atoms with Crippen LogP contribution in [0, 0.1) is 0 Å². The number of rotatable bonds is 4. The zero-order valence-electron chi connectivity index (χ0n) is 8.35. The van der Waals surface area contributed by atoms with E-state index in [2.05, 4.69) is 33.2 Å². The average molecular weight is 200 g/mol. The third kappa shape index (κ3) is 2.30. The molecule has 2 rings (SSSR count). The van der Waals surface area contributed by atoms with Crippen molar-refractivity contribution in [3.05, 3.63) is 46.5 Å². The molecule has 1 aromatic heterocycles. The van der Waals surface area contributed by atoms with Crippen molar-refractivity contribution in [3.8, 4) is 0 Å². The lowest BCUT2D eigenvalue weighted by Crippen LogP contribution is -1.87. The third-order valence-electron chi connectivity index (χ3n) is 2.35. The van der Waals surface area contributed by atoms with Gasteiger partial charge in [0.15, 0.2) is 0 Å². The maximum atomic E-state index is 8.13. The first-order chi connectivity index (χ1) is 7.40. The van der Waals surface area contributed by atoms with Gasteiger partial charge in [0.25, 0.3) is 0 Å². The number of nitrogens with one attached hydrogen (secondary N) is 1. The van der Waals surface area contributed by atoms with Gasteiger partial charge in [0, 0.05) is 22.7 Å². The van der Waals surface area contributed by atoms with Crippen LogP contribution in [0.1, 0.15) is 12.1 Å². The minimum atomic E-state index is 0.561. The van der Waals surface area contributed by atoms with Crippen LogP contribution in [0.2, 0.25) is 0 Å². The van der Waals surface area contributed by atoms with E-state index in [9.17, 15) is 0 Å². The van der Waals surface area contributed by atoms with E-state index >= 15 is 0 Å². The summed E-state index contributed by atoms with van der Waals surface area (Å²) in [7, 11) is 0.